The summed E-state index contributed by atoms with van der Waals surface area (Å²) in [5.41, 5.74) is 0.904. The first-order valence-electron chi connectivity index (χ1n) is 6.27. The molecule has 1 atom stereocenters. The minimum atomic E-state index is -0.610. The molecule has 0 aliphatic rings. The van der Waals surface area contributed by atoms with Crippen molar-refractivity contribution in [2.45, 2.75) is 13.0 Å². The summed E-state index contributed by atoms with van der Waals surface area (Å²) in [5, 5.41) is 2.72. The lowest BCUT2D eigenvalue weighted by atomic mass is 10.1. The second kappa shape index (κ2) is 6.54. The Morgan fingerprint density at radius 1 is 1.38 bits per heavy atom. The van der Waals surface area contributed by atoms with Crippen molar-refractivity contribution in [2.24, 2.45) is 0 Å². The number of hydrogen-bond acceptors (Lipinski definition) is 3. The molecule has 0 aliphatic heterocycles. The fourth-order valence-electron chi connectivity index (χ4n) is 1.83. The van der Waals surface area contributed by atoms with Crippen molar-refractivity contribution in [2.75, 3.05) is 7.11 Å². The van der Waals surface area contributed by atoms with Gasteiger partial charge in [-0.2, -0.15) is 0 Å². The molecule has 1 heterocycles. The van der Waals surface area contributed by atoms with Gasteiger partial charge in [0.1, 0.15) is 16.7 Å². The Kier molecular flexibility index (Phi) is 4.75. The smallest absolute Gasteiger partial charge is 0.254 e. The van der Waals surface area contributed by atoms with Gasteiger partial charge in [-0.25, -0.2) is 9.37 Å². The number of aromatic nitrogens is 1. The van der Waals surface area contributed by atoms with E-state index in [0.717, 1.165) is 23.6 Å². The number of carbonyl (C=O) groups excluding carboxylic acids is 1. The SMILES string of the molecule is COc1ccc(C(C)NC(=O)c2cc(F)cnc2Cl)cc1. The van der Waals surface area contributed by atoms with Crippen LogP contribution in [0.5, 0.6) is 5.75 Å². The van der Waals surface area contributed by atoms with Crippen LogP contribution in [-0.2, 0) is 0 Å². The molecule has 0 saturated carbocycles. The van der Waals surface area contributed by atoms with Gasteiger partial charge in [0.15, 0.2) is 0 Å². The van der Waals surface area contributed by atoms with Crippen LogP contribution in [0, 0.1) is 5.82 Å². The summed E-state index contributed by atoms with van der Waals surface area (Å²) >= 11 is 5.80. The van der Waals surface area contributed by atoms with Gasteiger partial charge in [0, 0.05) is 0 Å². The van der Waals surface area contributed by atoms with Gasteiger partial charge in [0.25, 0.3) is 5.91 Å². The number of carbonyl (C=O) groups is 1. The zero-order valence-corrected chi connectivity index (χ0v) is 12.3. The molecule has 1 aromatic carbocycles. The average molecular weight is 309 g/mol. The number of nitrogens with one attached hydrogen (secondary N) is 1. The van der Waals surface area contributed by atoms with Gasteiger partial charge in [-0.05, 0) is 30.7 Å². The third kappa shape index (κ3) is 3.70. The van der Waals surface area contributed by atoms with Crippen LogP contribution >= 0.6 is 11.6 Å². The van der Waals surface area contributed by atoms with Gasteiger partial charge in [-0.15, -0.1) is 0 Å². The van der Waals surface area contributed by atoms with Crippen LogP contribution in [0.15, 0.2) is 36.5 Å². The second-order valence-electron chi connectivity index (χ2n) is 4.46. The summed E-state index contributed by atoms with van der Waals surface area (Å²) in [7, 11) is 1.58. The molecule has 0 radical (unpaired) electrons. The molecule has 21 heavy (non-hydrogen) atoms. The first-order valence-corrected chi connectivity index (χ1v) is 6.65. The Morgan fingerprint density at radius 3 is 2.67 bits per heavy atom. The zero-order chi connectivity index (χ0) is 15.4. The van der Waals surface area contributed by atoms with Crippen molar-refractivity contribution in [3.05, 3.63) is 58.6 Å². The number of hydrogen-bond donors (Lipinski definition) is 1. The molecule has 2 aromatic rings. The van der Waals surface area contributed by atoms with Crippen molar-refractivity contribution in [1.29, 1.82) is 0 Å². The average Bonchev–Trinajstić information content (AvgIpc) is 2.49. The molecule has 0 aliphatic carbocycles. The number of pyridine rings is 1. The van der Waals surface area contributed by atoms with E-state index < -0.39 is 11.7 Å². The quantitative estimate of drug-likeness (QED) is 0.881. The van der Waals surface area contributed by atoms with Crippen molar-refractivity contribution in [3.8, 4) is 5.75 Å². The molecule has 2 rings (SSSR count). The van der Waals surface area contributed by atoms with Crippen LogP contribution in [-0.4, -0.2) is 18.0 Å². The van der Waals surface area contributed by atoms with Crippen molar-refractivity contribution in [3.63, 3.8) is 0 Å². The lowest BCUT2D eigenvalue weighted by Crippen LogP contribution is -2.27. The minimum Gasteiger partial charge on any atom is -0.497 e. The summed E-state index contributed by atoms with van der Waals surface area (Å²) in [6.45, 7) is 1.82. The number of nitrogens with zero attached hydrogens (tertiary/aromatic N) is 1. The third-order valence-electron chi connectivity index (χ3n) is 3.01. The Labute approximate surface area is 126 Å². The Balaban J connectivity index is 2.12. The molecule has 0 bridgehead atoms. The van der Waals surface area contributed by atoms with Crippen molar-refractivity contribution in [1.82, 2.24) is 10.3 Å². The second-order valence-corrected chi connectivity index (χ2v) is 4.82. The minimum absolute atomic E-state index is 0.0111. The van der Waals surface area contributed by atoms with Crippen LogP contribution in [0.2, 0.25) is 5.15 Å². The van der Waals surface area contributed by atoms with E-state index in [1.165, 1.54) is 0 Å². The van der Waals surface area contributed by atoms with Crippen molar-refractivity contribution < 1.29 is 13.9 Å². The predicted octanol–water partition coefficient (Wildman–Crippen LogP) is 3.37. The first kappa shape index (κ1) is 15.3. The lowest BCUT2D eigenvalue weighted by Gasteiger charge is -2.15. The maximum Gasteiger partial charge on any atom is 0.254 e. The van der Waals surface area contributed by atoms with E-state index >= 15 is 0 Å². The van der Waals surface area contributed by atoms with Crippen LogP contribution < -0.4 is 10.1 Å². The van der Waals surface area contributed by atoms with Crippen LogP contribution in [0.25, 0.3) is 0 Å². The van der Waals surface area contributed by atoms with Gasteiger partial charge in [0.05, 0.1) is 24.9 Å². The Hall–Kier alpha value is -2.14. The molecule has 1 amide bonds. The molecule has 6 heteroatoms. The van der Waals surface area contributed by atoms with E-state index in [2.05, 4.69) is 10.3 Å². The van der Waals surface area contributed by atoms with E-state index in [1.807, 2.05) is 19.1 Å². The number of benzene rings is 1. The van der Waals surface area contributed by atoms with Gasteiger partial charge in [0.2, 0.25) is 0 Å². The molecule has 0 spiro atoms. The third-order valence-corrected chi connectivity index (χ3v) is 3.31. The summed E-state index contributed by atoms with van der Waals surface area (Å²) < 4.78 is 18.2. The maximum absolute atomic E-state index is 13.1. The molecule has 110 valence electrons. The summed E-state index contributed by atoms with van der Waals surface area (Å²) in [6.07, 6.45) is 0.964. The monoisotopic (exact) mass is 308 g/mol. The van der Waals surface area contributed by atoms with Crippen LogP contribution in [0.3, 0.4) is 0 Å². The van der Waals surface area contributed by atoms with E-state index in [0.29, 0.717) is 0 Å². The first-order chi connectivity index (χ1) is 10.0. The standard InChI is InChI=1S/C15H14ClFN2O2/c1-9(10-3-5-12(21-2)6-4-10)19-15(20)13-7-11(17)8-18-14(13)16/h3-9H,1-2H3,(H,19,20). The Bertz CT molecular complexity index is 647. The highest BCUT2D eigenvalue weighted by Crippen LogP contribution is 2.19. The fourth-order valence-corrected chi connectivity index (χ4v) is 2.02. The summed E-state index contributed by atoms with van der Waals surface area (Å²) in [5.74, 6) is -0.355. The number of ether oxygens (including phenoxy) is 1. The summed E-state index contributed by atoms with van der Waals surface area (Å²) in [4.78, 5) is 15.7. The molecule has 4 nitrogen and oxygen atoms in total. The van der Waals surface area contributed by atoms with Crippen LogP contribution in [0.4, 0.5) is 4.39 Å². The maximum atomic E-state index is 13.1. The molecule has 0 saturated heterocycles. The highest BCUT2D eigenvalue weighted by atomic mass is 35.5. The Morgan fingerprint density at radius 2 is 2.05 bits per heavy atom. The topological polar surface area (TPSA) is 51.2 Å². The molecular weight excluding hydrogens is 295 g/mol. The lowest BCUT2D eigenvalue weighted by molar-refractivity contribution is 0.0939. The molecule has 1 N–H and O–H groups in total. The van der Waals surface area contributed by atoms with Crippen LogP contribution in [0.1, 0.15) is 28.9 Å². The number of halogens is 2. The largest absolute Gasteiger partial charge is 0.497 e. The molecule has 1 aromatic heterocycles. The molecule has 1 unspecified atom stereocenters. The van der Waals surface area contributed by atoms with Gasteiger partial charge in [-0.3, -0.25) is 4.79 Å². The molecule has 0 fully saturated rings. The highest BCUT2D eigenvalue weighted by molar-refractivity contribution is 6.32. The van der Waals surface area contributed by atoms with Gasteiger partial charge >= 0.3 is 0 Å². The fraction of sp³-hybridized carbons (Fsp3) is 0.200. The predicted molar refractivity (Wildman–Crippen MR) is 78.1 cm³/mol. The normalized spacial score (nSPS) is 11.8. The van der Waals surface area contributed by atoms with Gasteiger partial charge < -0.3 is 10.1 Å². The summed E-state index contributed by atoms with van der Waals surface area (Å²) in [6, 6.07) is 8.09. The number of amides is 1. The van der Waals surface area contributed by atoms with Crippen molar-refractivity contribution >= 4 is 17.5 Å². The number of methoxy groups -OCH3 is 1. The highest BCUT2D eigenvalue weighted by Gasteiger charge is 2.16. The molecular formula is C15H14ClFN2O2. The van der Waals surface area contributed by atoms with E-state index in [-0.39, 0.29) is 16.8 Å². The van der Waals surface area contributed by atoms with E-state index in [1.54, 1.807) is 19.2 Å². The van der Waals surface area contributed by atoms with E-state index in [9.17, 15) is 9.18 Å². The van der Waals surface area contributed by atoms with Gasteiger partial charge in [-0.1, -0.05) is 23.7 Å². The number of rotatable bonds is 4. The zero-order valence-electron chi connectivity index (χ0n) is 11.6. The van der Waals surface area contributed by atoms with E-state index in [4.69, 9.17) is 16.3 Å².